The zero-order valence-electron chi connectivity index (χ0n) is 20.4. The fourth-order valence-electron chi connectivity index (χ4n) is 2.94. The van der Waals surface area contributed by atoms with Crippen LogP contribution in [0.4, 0.5) is 0 Å². The van der Waals surface area contributed by atoms with Crippen molar-refractivity contribution >= 4 is 17.6 Å². The summed E-state index contributed by atoms with van der Waals surface area (Å²) in [6.07, 6.45) is 5.37. The molecule has 0 aromatic carbocycles. The maximum Gasteiger partial charge on any atom is 0.511 e. The van der Waals surface area contributed by atoms with E-state index in [-0.39, 0.29) is 0 Å². The van der Waals surface area contributed by atoms with E-state index in [4.69, 9.17) is 26.6 Å². The maximum atomic E-state index is 6.48. The normalized spacial score (nSPS) is 13.2. The van der Waals surface area contributed by atoms with Crippen LogP contribution in [0, 0.1) is 0 Å². The van der Waals surface area contributed by atoms with Crippen molar-refractivity contribution in [2.45, 2.75) is 98.6 Å². The summed E-state index contributed by atoms with van der Waals surface area (Å²) in [6, 6.07) is 0. The van der Waals surface area contributed by atoms with Crippen LogP contribution in [0.2, 0.25) is 4.66 Å². The van der Waals surface area contributed by atoms with E-state index in [1.54, 1.807) is 0 Å². The lowest BCUT2D eigenvalue weighted by Crippen LogP contribution is -2.69. The number of hydrogen-bond acceptors (Lipinski definition) is 6. The molecule has 0 aliphatic carbocycles. The van der Waals surface area contributed by atoms with Gasteiger partial charge in [0.15, 0.2) is 0 Å². The first kappa shape index (κ1) is 29.2. The highest BCUT2D eigenvalue weighted by molar-refractivity contribution is 6.85. The Bertz CT molecular complexity index is 318. The molecule has 0 aromatic rings. The largest absolute Gasteiger partial charge is 0.511 e. The van der Waals surface area contributed by atoms with Gasteiger partial charge in [-0.15, -0.1) is 0 Å². The van der Waals surface area contributed by atoms with Crippen molar-refractivity contribution in [2.75, 3.05) is 39.6 Å². The summed E-state index contributed by atoms with van der Waals surface area (Å²) >= 11 is 0. The topological polar surface area (TPSA) is 55.4 Å². The summed E-state index contributed by atoms with van der Waals surface area (Å²) in [5.74, 6) is 0. The highest BCUT2D eigenvalue weighted by Crippen LogP contribution is 2.49. The third kappa shape index (κ3) is 8.33. The van der Waals surface area contributed by atoms with Gasteiger partial charge in [0, 0.05) is 39.6 Å². The smallest absolute Gasteiger partial charge is 0.373 e. The van der Waals surface area contributed by atoms with E-state index >= 15 is 0 Å². The molecule has 0 bridgehead atoms. The summed E-state index contributed by atoms with van der Waals surface area (Å²) in [6.45, 7) is 20.4. The quantitative estimate of drug-likeness (QED) is 0.219. The Morgan fingerprint density at radius 3 is 0.724 bits per heavy atom. The van der Waals surface area contributed by atoms with Gasteiger partial charge >= 0.3 is 17.6 Å². The lowest BCUT2D eigenvalue weighted by molar-refractivity contribution is 0.00685. The number of hydrogen-bond donors (Lipinski definition) is 0. The lowest BCUT2D eigenvalue weighted by atomic mass is 10.5. The van der Waals surface area contributed by atoms with E-state index in [0.29, 0.717) is 39.6 Å². The van der Waals surface area contributed by atoms with Crippen molar-refractivity contribution < 1.29 is 26.6 Å². The monoisotopic (exact) mass is 452 g/mol. The predicted molar refractivity (Wildman–Crippen MR) is 123 cm³/mol. The van der Waals surface area contributed by atoms with Crippen molar-refractivity contribution in [1.29, 1.82) is 0 Å². The van der Waals surface area contributed by atoms with Gasteiger partial charge < -0.3 is 26.6 Å². The molecule has 0 N–H and O–H groups in total. The lowest BCUT2D eigenvalue weighted by Gasteiger charge is -2.48. The molecule has 0 aliphatic heterocycles. The zero-order valence-corrected chi connectivity index (χ0v) is 22.4. The van der Waals surface area contributed by atoms with Gasteiger partial charge in [-0.3, -0.25) is 0 Å². The van der Waals surface area contributed by atoms with E-state index in [9.17, 15) is 0 Å². The molecule has 0 amide bonds. The second kappa shape index (κ2) is 15.9. The highest BCUT2D eigenvalue weighted by atomic mass is 28.5. The second-order valence-electron chi connectivity index (χ2n) is 7.83. The fourth-order valence-corrected chi connectivity index (χ4v) is 11.2. The molecule has 0 rings (SSSR count). The average Bonchev–Trinajstić information content (AvgIpc) is 2.72. The standard InChI is InChI=1S/C21H48O6Si2/c1-9-15-22-28(23-16-10-2,24-17-11-3)21(7,8)29(25-18-12-4,26-19-13-5)27-20-14-6/h9-20H2,1-8H3. The maximum absolute atomic E-state index is 6.48. The van der Waals surface area contributed by atoms with Crippen LogP contribution < -0.4 is 0 Å². The van der Waals surface area contributed by atoms with Crippen molar-refractivity contribution in [3.05, 3.63) is 0 Å². The third-order valence-corrected chi connectivity index (χ3v) is 12.9. The Morgan fingerprint density at radius 1 is 0.414 bits per heavy atom. The van der Waals surface area contributed by atoms with Crippen LogP contribution in [-0.2, 0) is 26.6 Å². The van der Waals surface area contributed by atoms with Crippen molar-refractivity contribution in [2.24, 2.45) is 0 Å². The third-order valence-electron chi connectivity index (χ3n) is 4.51. The minimum Gasteiger partial charge on any atom is -0.373 e. The van der Waals surface area contributed by atoms with Crippen LogP contribution in [0.3, 0.4) is 0 Å². The van der Waals surface area contributed by atoms with Gasteiger partial charge in [-0.05, 0) is 38.5 Å². The molecule has 0 heterocycles. The molecular formula is C21H48O6Si2. The summed E-state index contributed by atoms with van der Waals surface area (Å²) in [5.41, 5.74) is 0. The average molecular weight is 453 g/mol. The minimum atomic E-state index is -3.18. The van der Waals surface area contributed by atoms with Gasteiger partial charge in [0.25, 0.3) is 0 Å². The van der Waals surface area contributed by atoms with Gasteiger partial charge in [0.05, 0.1) is 0 Å². The Morgan fingerprint density at radius 2 is 0.586 bits per heavy atom. The van der Waals surface area contributed by atoms with Crippen LogP contribution in [0.15, 0.2) is 0 Å². The highest BCUT2D eigenvalue weighted by Gasteiger charge is 2.72. The molecule has 176 valence electrons. The van der Waals surface area contributed by atoms with E-state index in [0.717, 1.165) is 38.5 Å². The van der Waals surface area contributed by atoms with Gasteiger partial charge in [0.1, 0.15) is 4.66 Å². The number of rotatable bonds is 20. The summed E-state index contributed by atoms with van der Waals surface area (Å²) in [4.78, 5) is 0. The Hall–Kier alpha value is 0.194. The molecule has 0 spiro atoms. The molecule has 6 nitrogen and oxygen atoms in total. The van der Waals surface area contributed by atoms with Crippen LogP contribution >= 0.6 is 0 Å². The SMILES string of the molecule is CCCO[Si](OCCC)(OCCC)C(C)(C)[Si](OCCC)(OCCC)OCCC. The van der Waals surface area contributed by atoms with Crippen LogP contribution in [0.1, 0.15) is 93.9 Å². The molecule has 0 saturated carbocycles. The fraction of sp³-hybridized carbons (Fsp3) is 1.00. The van der Waals surface area contributed by atoms with Crippen LogP contribution in [0.5, 0.6) is 0 Å². The summed E-state index contributed by atoms with van der Waals surface area (Å²) < 4.78 is 38.3. The van der Waals surface area contributed by atoms with E-state index in [1.165, 1.54) is 0 Å². The van der Waals surface area contributed by atoms with Gasteiger partial charge in [0.2, 0.25) is 0 Å². The summed E-state index contributed by atoms with van der Waals surface area (Å²) in [5, 5.41) is 0. The Labute approximate surface area is 182 Å². The second-order valence-corrected chi connectivity index (χ2v) is 14.8. The first-order valence-corrected chi connectivity index (χ1v) is 15.1. The molecule has 0 fully saturated rings. The molecule has 0 atom stereocenters. The molecule has 8 heteroatoms. The first-order chi connectivity index (χ1) is 13.9. The molecular weight excluding hydrogens is 404 g/mol. The summed E-state index contributed by atoms with van der Waals surface area (Å²) in [7, 11) is -6.37. The van der Waals surface area contributed by atoms with Crippen molar-refractivity contribution in [1.82, 2.24) is 0 Å². The predicted octanol–water partition coefficient (Wildman–Crippen LogP) is 5.74. The van der Waals surface area contributed by atoms with E-state index < -0.39 is 22.3 Å². The van der Waals surface area contributed by atoms with E-state index in [1.807, 2.05) is 0 Å². The zero-order chi connectivity index (χ0) is 22.2. The van der Waals surface area contributed by atoms with Crippen molar-refractivity contribution in [3.8, 4) is 0 Å². The Kier molecular flexibility index (Phi) is 16.0. The molecule has 0 unspecified atom stereocenters. The van der Waals surface area contributed by atoms with Gasteiger partial charge in [-0.25, -0.2) is 0 Å². The molecule has 29 heavy (non-hydrogen) atoms. The molecule has 0 saturated heterocycles. The molecule has 0 aromatic heterocycles. The Balaban J connectivity index is 6.33. The van der Waals surface area contributed by atoms with Crippen molar-refractivity contribution in [3.63, 3.8) is 0 Å². The van der Waals surface area contributed by atoms with Gasteiger partial charge in [-0.1, -0.05) is 55.4 Å². The van der Waals surface area contributed by atoms with Crippen LogP contribution in [-0.4, -0.2) is 57.3 Å². The van der Waals surface area contributed by atoms with E-state index in [2.05, 4.69) is 55.4 Å². The van der Waals surface area contributed by atoms with Gasteiger partial charge in [-0.2, -0.15) is 0 Å². The molecule has 0 radical (unpaired) electrons. The first-order valence-electron chi connectivity index (χ1n) is 11.7. The van der Waals surface area contributed by atoms with Crippen LogP contribution in [0.25, 0.3) is 0 Å². The molecule has 0 aliphatic rings. The minimum absolute atomic E-state index is 0.586.